The number of carbonyl (C=O) groups is 1. The molecule has 2 rings (SSSR count). The molecule has 0 bridgehead atoms. The van der Waals surface area contributed by atoms with Crippen LogP contribution in [0.2, 0.25) is 10.0 Å². The van der Waals surface area contributed by atoms with E-state index >= 15 is 0 Å². The van der Waals surface area contributed by atoms with Gasteiger partial charge in [0.25, 0.3) is 0 Å². The van der Waals surface area contributed by atoms with Gasteiger partial charge < -0.3 is 4.74 Å². The molecule has 0 fully saturated rings. The van der Waals surface area contributed by atoms with Crippen LogP contribution in [0.25, 0.3) is 11.3 Å². The largest absolute Gasteiger partial charge is 0.464 e. The van der Waals surface area contributed by atoms with E-state index < -0.39 is 5.97 Å². The topological polar surface area (TPSA) is 55.0 Å². The van der Waals surface area contributed by atoms with Crippen molar-refractivity contribution in [2.24, 2.45) is 0 Å². The number of benzene rings is 1. The number of hydrogen-bond acceptors (Lipinski definition) is 3. The van der Waals surface area contributed by atoms with Gasteiger partial charge in [0.05, 0.1) is 22.8 Å². The van der Waals surface area contributed by atoms with Gasteiger partial charge in [0.2, 0.25) is 0 Å². The standard InChI is InChI=1S/C11H8Cl2N2O2/c1-17-11(16)9-5-8(14-15-9)10-6(12)3-2-4-7(10)13/h2-5H,1H3,(H,14,15). The molecule has 0 aliphatic heterocycles. The molecule has 0 saturated heterocycles. The van der Waals surface area contributed by atoms with E-state index in [2.05, 4.69) is 14.9 Å². The lowest BCUT2D eigenvalue weighted by molar-refractivity contribution is 0.0594. The molecule has 1 aromatic carbocycles. The quantitative estimate of drug-likeness (QED) is 0.853. The number of rotatable bonds is 2. The van der Waals surface area contributed by atoms with Crippen LogP contribution in [0.15, 0.2) is 24.3 Å². The lowest BCUT2D eigenvalue weighted by atomic mass is 10.1. The van der Waals surface area contributed by atoms with Crippen molar-refractivity contribution in [2.45, 2.75) is 0 Å². The third kappa shape index (κ3) is 2.28. The Labute approximate surface area is 107 Å². The number of nitrogens with zero attached hydrogens (tertiary/aromatic N) is 1. The first-order valence-corrected chi connectivity index (χ1v) is 5.47. The second-order valence-electron chi connectivity index (χ2n) is 3.26. The van der Waals surface area contributed by atoms with Gasteiger partial charge in [-0.1, -0.05) is 29.3 Å². The molecule has 1 N–H and O–H groups in total. The minimum Gasteiger partial charge on any atom is -0.464 e. The number of H-pyrrole nitrogens is 1. The molecular formula is C11H8Cl2N2O2. The second kappa shape index (κ2) is 4.77. The van der Waals surface area contributed by atoms with Crippen molar-refractivity contribution < 1.29 is 9.53 Å². The Kier molecular flexibility index (Phi) is 3.36. The maximum absolute atomic E-state index is 11.3. The normalized spacial score (nSPS) is 10.3. The third-order valence-corrected chi connectivity index (χ3v) is 2.83. The molecule has 88 valence electrons. The first kappa shape index (κ1) is 12.0. The summed E-state index contributed by atoms with van der Waals surface area (Å²) in [6.07, 6.45) is 0. The molecule has 0 atom stereocenters. The van der Waals surface area contributed by atoms with Gasteiger partial charge in [0.1, 0.15) is 5.69 Å². The summed E-state index contributed by atoms with van der Waals surface area (Å²) in [5.41, 5.74) is 1.33. The Morgan fingerprint density at radius 1 is 1.35 bits per heavy atom. The molecule has 17 heavy (non-hydrogen) atoms. The lowest BCUT2D eigenvalue weighted by Crippen LogP contribution is -2.00. The summed E-state index contributed by atoms with van der Waals surface area (Å²) in [5.74, 6) is -0.494. The molecule has 0 radical (unpaired) electrons. The molecule has 0 spiro atoms. The molecule has 1 heterocycles. The summed E-state index contributed by atoms with van der Waals surface area (Å²) >= 11 is 12.1. The maximum atomic E-state index is 11.3. The maximum Gasteiger partial charge on any atom is 0.356 e. The molecule has 1 aromatic heterocycles. The minimum absolute atomic E-state index is 0.249. The van der Waals surface area contributed by atoms with Crippen LogP contribution >= 0.6 is 23.2 Å². The highest BCUT2D eigenvalue weighted by atomic mass is 35.5. The molecule has 2 aromatic rings. The van der Waals surface area contributed by atoms with Crippen LogP contribution in [0.3, 0.4) is 0 Å². The zero-order chi connectivity index (χ0) is 12.4. The molecule has 6 heteroatoms. The predicted octanol–water partition coefficient (Wildman–Crippen LogP) is 3.17. The van der Waals surface area contributed by atoms with E-state index in [0.717, 1.165) is 0 Å². The van der Waals surface area contributed by atoms with E-state index in [9.17, 15) is 4.79 Å². The molecule has 4 nitrogen and oxygen atoms in total. The Balaban J connectivity index is 2.47. The molecule has 0 aliphatic rings. The van der Waals surface area contributed by atoms with Crippen LogP contribution in [0.1, 0.15) is 10.5 Å². The lowest BCUT2D eigenvalue weighted by Gasteiger charge is -2.02. The van der Waals surface area contributed by atoms with Gasteiger partial charge in [-0.25, -0.2) is 4.79 Å². The zero-order valence-electron chi connectivity index (χ0n) is 8.83. The smallest absolute Gasteiger partial charge is 0.356 e. The summed E-state index contributed by atoms with van der Waals surface area (Å²) in [5, 5.41) is 7.50. The number of methoxy groups -OCH3 is 1. The van der Waals surface area contributed by atoms with Crippen LogP contribution in [0, 0.1) is 0 Å². The minimum atomic E-state index is -0.494. The number of aromatic nitrogens is 2. The van der Waals surface area contributed by atoms with Crippen molar-refractivity contribution in [1.29, 1.82) is 0 Å². The highest BCUT2D eigenvalue weighted by molar-refractivity contribution is 6.39. The molecular weight excluding hydrogens is 263 g/mol. The van der Waals surface area contributed by atoms with E-state index in [-0.39, 0.29) is 5.69 Å². The second-order valence-corrected chi connectivity index (χ2v) is 4.07. The fourth-order valence-electron chi connectivity index (χ4n) is 1.41. The fraction of sp³-hybridized carbons (Fsp3) is 0.0909. The van der Waals surface area contributed by atoms with Crippen LogP contribution < -0.4 is 0 Å². The average Bonchev–Trinajstić information content (AvgIpc) is 2.77. The number of ether oxygens (including phenoxy) is 1. The monoisotopic (exact) mass is 270 g/mol. The summed E-state index contributed by atoms with van der Waals surface area (Å²) in [4.78, 5) is 11.3. The van der Waals surface area contributed by atoms with E-state index in [1.807, 2.05) is 0 Å². The van der Waals surface area contributed by atoms with Crippen LogP contribution in [-0.2, 0) is 4.74 Å². The number of nitrogens with one attached hydrogen (secondary N) is 1. The van der Waals surface area contributed by atoms with Crippen molar-refractivity contribution >= 4 is 29.2 Å². The average molecular weight is 271 g/mol. The molecule has 0 unspecified atom stereocenters. The predicted molar refractivity (Wildman–Crippen MR) is 65.4 cm³/mol. The fourth-order valence-corrected chi connectivity index (χ4v) is 2.00. The van der Waals surface area contributed by atoms with Crippen LogP contribution in [-0.4, -0.2) is 23.3 Å². The zero-order valence-corrected chi connectivity index (χ0v) is 10.3. The Bertz CT molecular complexity index is 546. The van der Waals surface area contributed by atoms with E-state index in [0.29, 0.717) is 21.3 Å². The summed E-state index contributed by atoms with van der Waals surface area (Å²) in [6, 6.07) is 6.69. The van der Waals surface area contributed by atoms with Gasteiger partial charge in [-0.05, 0) is 18.2 Å². The van der Waals surface area contributed by atoms with E-state index in [1.54, 1.807) is 24.3 Å². The molecule has 0 aliphatic carbocycles. The summed E-state index contributed by atoms with van der Waals surface area (Å²) in [7, 11) is 1.30. The van der Waals surface area contributed by atoms with E-state index in [4.69, 9.17) is 23.2 Å². The first-order chi connectivity index (χ1) is 8.13. The Hall–Kier alpha value is -1.52. The van der Waals surface area contributed by atoms with Gasteiger partial charge in [0.15, 0.2) is 0 Å². The van der Waals surface area contributed by atoms with Gasteiger partial charge in [-0.2, -0.15) is 5.10 Å². The summed E-state index contributed by atoms with van der Waals surface area (Å²) < 4.78 is 4.57. The Morgan fingerprint density at radius 3 is 2.59 bits per heavy atom. The number of carbonyl (C=O) groups excluding carboxylic acids is 1. The SMILES string of the molecule is COC(=O)c1cc(-c2c(Cl)cccc2Cl)n[nH]1. The molecule has 0 amide bonds. The van der Waals surface area contributed by atoms with Gasteiger partial charge in [0, 0.05) is 5.56 Å². The van der Waals surface area contributed by atoms with Gasteiger partial charge in [-0.3, -0.25) is 5.10 Å². The van der Waals surface area contributed by atoms with Crippen LogP contribution in [0.4, 0.5) is 0 Å². The third-order valence-electron chi connectivity index (χ3n) is 2.20. The highest BCUT2D eigenvalue weighted by Gasteiger charge is 2.15. The van der Waals surface area contributed by atoms with Crippen LogP contribution in [0.5, 0.6) is 0 Å². The van der Waals surface area contributed by atoms with Gasteiger partial charge in [-0.15, -0.1) is 0 Å². The van der Waals surface area contributed by atoms with Crippen molar-refractivity contribution in [3.63, 3.8) is 0 Å². The van der Waals surface area contributed by atoms with Gasteiger partial charge >= 0.3 is 5.97 Å². The van der Waals surface area contributed by atoms with Crippen molar-refractivity contribution in [3.8, 4) is 11.3 Å². The van der Waals surface area contributed by atoms with Crippen molar-refractivity contribution in [3.05, 3.63) is 40.0 Å². The Morgan fingerprint density at radius 2 is 2.00 bits per heavy atom. The number of aromatic amines is 1. The van der Waals surface area contributed by atoms with E-state index in [1.165, 1.54) is 7.11 Å². The van der Waals surface area contributed by atoms with Crippen molar-refractivity contribution in [1.82, 2.24) is 10.2 Å². The number of halogens is 2. The number of hydrogen-bond donors (Lipinski definition) is 1. The number of esters is 1. The first-order valence-electron chi connectivity index (χ1n) is 4.71. The highest BCUT2D eigenvalue weighted by Crippen LogP contribution is 2.33. The van der Waals surface area contributed by atoms with Crippen molar-refractivity contribution in [2.75, 3.05) is 7.11 Å². The molecule has 0 saturated carbocycles. The summed E-state index contributed by atoms with van der Waals surface area (Å²) in [6.45, 7) is 0.